The molecule has 28 heavy (non-hydrogen) atoms. The number of hydrogen-bond donors (Lipinski definition) is 1. The maximum absolute atomic E-state index is 12.2. The van der Waals surface area contributed by atoms with E-state index in [1.54, 1.807) is 30.6 Å². The summed E-state index contributed by atoms with van der Waals surface area (Å²) in [6.45, 7) is 0. The van der Waals surface area contributed by atoms with Crippen LogP contribution in [0.15, 0.2) is 58.7 Å². The van der Waals surface area contributed by atoms with Gasteiger partial charge in [0.25, 0.3) is 0 Å². The fourth-order valence-electron chi connectivity index (χ4n) is 2.50. The first-order valence-electron chi connectivity index (χ1n) is 8.42. The molecule has 0 atom stereocenters. The van der Waals surface area contributed by atoms with Crippen LogP contribution in [-0.2, 0) is 11.2 Å². The summed E-state index contributed by atoms with van der Waals surface area (Å²) in [6.07, 6.45) is 3.86. The van der Waals surface area contributed by atoms with Crippen LogP contribution >= 0.6 is 22.9 Å². The third-order valence-electron chi connectivity index (χ3n) is 3.87. The normalized spacial score (nSPS) is 10.8. The van der Waals surface area contributed by atoms with Crippen molar-refractivity contribution < 1.29 is 9.32 Å². The van der Waals surface area contributed by atoms with Gasteiger partial charge in [-0.2, -0.15) is 4.98 Å². The Labute approximate surface area is 169 Å². The fourth-order valence-corrected chi connectivity index (χ4v) is 3.46. The van der Waals surface area contributed by atoms with Gasteiger partial charge < -0.3 is 9.84 Å². The first-order chi connectivity index (χ1) is 13.7. The van der Waals surface area contributed by atoms with Crippen LogP contribution in [0.5, 0.6) is 0 Å². The number of carbonyl (C=O) groups excluding carboxylic acids is 1. The van der Waals surface area contributed by atoms with Gasteiger partial charge >= 0.3 is 0 Å². The lowest BCUT2D eigenvalue weighted by atomic mass is 10.2. The topological polar surface area (TPSA) is 93.8 Å². The van der Waals surface area contributed by atoms with Gasteiger partial charge in [-0.1, -0.05) is 35.0 Å². The lowest BCUT2D eigenvalue weighted by Gasteiger charge is -2.00. The fraction of sp³-hybridized carbons (Fsp3) is 0.105. The van der Waals surface area contributed by atoms with Crippen LogP contribution in [0.2, 0.25) is 5.02 Å². The molecule has 4 aromatic rings. The van der Waals surface area contributed by atoms with E-state index in [0.29, 0.717) is 28.3 Å². The van der Waals surface area contributed by atoms with E-state index >= 15 is 0 Å². The van der Waals surface area contributed by atoms with E-state index < -0.39 is 0 Å². The van der Waals surface area contributed by atoms with Crippen LogP contribution in [0.3, 0.4) is 0 Å². The van der Waals surface area contributed by atoms with E-state index in [1.807, 2.05) is 23.6 Å². The minimum atomic E-state index is -0.177. The predicted octanol–water partition coefficient (Wildman–Crippen LogP) is 4.48. The van der Waals surface area contributed by atoms with Crippen LogP contribution in [0, 0.1) is 0 Å². The number of pyridine rings is 1. The molecule has 1 amide bonds. The highest BCUT2D eigenvalue weighted by Crippen LogP contribution is 2.30. The molecule has 0 unspecified atom stereocenters. The molecule has 0 fully saturated rings. The Morgan fingerprint density at radius 3 is 2.79 bits per heavy atom. The Morgan fingerprint density at radius 1 is 1.14 bits per heavy atom. The van der Waals surface area contributed by atoms with Crippen molar-refractivity contribution >= 4 is 34.0 Å². The zero-order valence-corrected chi connectivity index (χ0v) is 16.1. The lowest BCUT2D eigenvalue weighted by Crippen LogP contribution is -2.12. The maximum Gasteiger partial charge on any atom is 0.227 e. The van der Waals surface area contributed by atoms with Crippen molar-refractivity contribution in [2.24, 2.45) is 0 Å². The number of rotatable bonds is 6. The van der Waals surface area contributed by atoms with E-state index in [9.17, 15) is 4.79 Å². The SMILES string of the molecule is O=C(CCc1nc(-c2ccncc2)no1)Nc1nc(-c2ccccc2Cl)cs1. The molecular weight excluding hydrogens is 398 g/mol. The number of hydrogen-bond acceptors (Lipinski definition) is 7. The molecule has 0 radical (unpaired) electrons. The first kappa shape index (κ1) is 18.3. The Morgan fingerprint density at radius 2 is 1.96 bits per heavy atom. The Kier molecular flexibility index (Phi) is 5.41. The number of nitrogens with zero attached hydrogens (tertiary/aromatic N) is 4. The van der Waals surface area contributed by atoms with Gasteiger partial charge in [-0.25, -0.2) is 4.98 Å². The van der Waals surface area contributed by atoms with Crippen LogP contribution in [0.4, 0.5) is 5.13 Å². The van der Waals surface area contributed by atoms with Crippen molar-refractivity contribution in [3.63, 3.8) is 0 Å². The van der Waals surface area contributed by atoms with Gasteiger partial charge in [0.2, 0.25) is 17.6 Å². The molecule has 3 heterocycles. The van der Waals surface area contributed by atoms with Crippen molar-refractivity contribution in [2.45, 2.75) is 12.8 Å². The molecule has 0 saturated heterocycles. The summed E-state index contributed by atoms with van der Waals surface area (Å²) in [5.41, 5.74) is 2.37. The van der Waals surface area contributed by atoms with Gasteiger partial charge in [0, 0.05) is 46.8 Å². The minimum absolute atomic E-state index is 0.177. The molecule has 140 valence electrons. The number of anilines is 1. The summed E-state index contributed by atoms with van der Waals surface area (Å²) in [7, 11) is 0. The molecule has 9 heteroatoms. The summed E-state index contributed by atoms with van der Waals surface area (Å²) in [5, 5.41) is 9.70. The monoisotopic (exact) mass is 411 g/mol. The second-order valence-electron chi connectivity index (χ2n) is 5.81. The van der Waals surface area contributed by atoms with E-state index in [2.05, 4.69) is 25.4 Å². The smallest absolute Gasteiger partial charge is 0.227 e. The molecule has 3 aromatic heterocycles. The molecule has 7 nitrogen and oxygen atoms in total. The average Bonchev–Trinajstić information content (AvgIpc) is 3.37. The summed E-state index contributed by atoms with van der Waals surface area (Å²) >= 11 is 7.53. The highest BCUT2D eigenvalue weighted by atomic mass is 35.5. The number of halogens is 1. The van der Waals surface area contributed by atoms with Gasteiger partial charge in [0.1, 0.15) is 0 Å². The van der Waals surface area contributed by atoms with Crippen LogP contribution in [-0.4, -0.2) is 26.0 Å². The maximum atomic E-state index is 12.2. The number of aromatic nitrogens is 4. The number of benzene rings is 1. The second kappa shape index (κ2) is 8.28. The van der Waals surface area contributed by atoms with Gasteiger partial charge in [-0.15, -0.1) is 11.3 Å². The lowest BCUT2D eigenvalue weighted by molar-refractivity contribution is -0.116. The van der Waals surface area contributed by atoms with Gasteiger partial charge in [0.05, 0.1) is 5.69 Å². The van der Waals surface area contributed by atoms with Gasteiger partial charge in [-0.3, -0.25) is 9.78 Å². The summed E-state index contributed by atoms with van der Waals surface area (Å²) in [6, 6.07) is 11.0. The molecule has 0 aliphatic carbocycles. The van der Waals surface area contributed by atoms with E-state index in [-0.39, 0.29) is 12.3 Å². The number of aryl methyl sites for hydroxylation is 1. The number of nitrogens with one attached hydrogen (secondary N) is 1. The largest absolute Gasteiger partial charge is 0.339 e. The number of thiazole rings is 1. The first-order valence-corrected chi connectivity index (χ1v) is 9.68. The zero-order chi connectivity index (χ0) is 19.3. The number of carbonyl (C=O) groups is 1. The van der Waals surface area contributed by atoms with Crippen LogP contribution in [0.1, 0.15) is 12.3 Å². The molecule has 1 aromatic carbocycles. The third kappa shape index (κ3) is 4.24. The zero-order valence-electron chi connectivity index (χ0n) is 14.5. The summed E-state index contributed by atoms with van der Waals surface area (Å²) in [5.74, 6) is 0.698. The van der Waals surface area contributed by atoms with E-state index in [1.165, 1.54) is 11.3 Å². The highest BCUT2D eigenvalue weighted by Gasteiger charge is 2.13. The average molecular weight is 412 g/mol. The quantitative estimate of drug-likeness (QED) is 0.502. The van der Waals surface area contributed by atoms with Crippen molar-refractivity contribution in [2.75, 3.05) is 5.32 Å². The second-order valence-corrected chi connectivity index (χ2v) is 7.08. The molecule has 0 spiro atoms. The standard InChI is InChI=1S/C19H14ClN5O2S/c20-14-4-2-1-3-13(14)15-11-28-19(22-15)23-16(26)5-6-17-24-18(25-27-17)12-7-9-21-10-8-12/h1-4,7-11H,5-6H2,(H,22,23,26). The van der Waals surface area contributed by atoms with Crippen molar-refractivity contribution in [3.05, 3.63) is 65.1 Å². The Balaban J connectivity index is 1.34. The van der Waals surface area contributed by atoms with E-state index in [4.69, 9.17) is 16.1 Å². The molecule has 4 rings (SSSR count). The molecule has 0 aliphatic heterocycles. The summed E-state index contributed by atoms with van der Waals surface area (Å²) < 4.78 is 5.21. The van der Waals surface area contributed by atoms with Crippen molar-refractivity contribution in [1.82, 2.24) is 20.1 Å². The van der Waals surface area contributed by atoms with E-state index in [0.717, 1.165) is 16.8 Å². The third-order valence-corrected chi connectivity index (χ3v) is 4.96. The van der Waals surface area contributed by atoms with Crippen molar-refractivity contribution in [1.29, 1.82) is 0 Å². The molecule has 0 bridgehead atoms. The molecule has 1 N–H and O–H groups in total. The van der Waals surface area contributed by atoms with Gasteiger partial charge in [-0.05, 0) is 18.2 Å². The molecule has 0 saturated carbocycles. The summed E-state index contributed by atoms with van der Waals surface area (Å²) in [4.78, 5) is 24.9. The van der Waals surface area contributed by atoms with Gasteiger partial charge in [0.15, 0.2) is 5.13 Å². The van der Waals surface area contributed by atoms with Crippen LogP contribution < -0.4 is 5.32 Å². The van der Waals surface area contributed by atoms with Crippen LogP contribution in [0.25, 0.3) is 22.6 Å². The highest BCUT2D eigenvalue weighted by molar-refractivity contribution is 7.14. The molecular formula is C19H14ClN5O2S. The number of amides is 1. The Hall–Kier alpha value is -3.10. The van der Waals surface area contributed by atoms with Crippen molar-refractivity contribution in [3.8, 4) is 22.6 Å². The molecule has 0 aliphatic rings. The Bertz CT molecular complexity index is 1100. The minimum Gasteiger partial charge on any atom is -0.339 e. The predicted molar refractivity (Wildman–Crippen MR) is 107 cm³/mol.